The van der Waals surface area contributed by atoms with Crippen molar-refractivity contribution in [3.63, 3.8) is 0 Å². The Hall–Kier alpha value is -1.33. The van der Waals surface area contributed by atoms with Crippen LogP contribution in [0.3, 0.4) is 0 Å². The van der Waals surface area contributed by atoms with Crippen molar-refractivity contribution in [3.05, 3.63) is 46.2 Å². The van der Waals surface area contributed by atoms with Gasteiger partial charge in [-0.2, -0.15) is 5.10 Å². The van der Waals surface area contributed by atoms with Crippen LogP contribution < -0.4 is 10.1 Å². The third-order valence-electron chi connectivity index (χ3n) is 3.24. The van der Waals surface area contributed by atoms with Crippen LogP contribution in [0, 0.1) is 0 Å². The van der Waals surface area contributed by atoms with Gasteiger partial charge in [-0.25, -0.2) is 0 Å². The van der Waals surface area contributed by atoms with Gasteiger partial charge in [0.05, 0.1) is 19.3 Å². The summed E-state index contributed by atoms with van der Waals surface area (Å²) < 4.78 is 8.39. The molecule has 1 aromatic carbocycles. The van der Waals surface area contributed by atoms with Crippen LogP contribution in [0.1, 0.15) is 30.6 Å². The van der Waals surface area contributed by atoms with Crippen LogP contribution >= 0.6 is 15.9 Å². The highest BCUT2D eigenvalue weighted by atomic mass is 79.9. The minimum Gasteiger partial charge on any atom is -0.493 e. The Balaban J connectivity index is 2.41. The van der Waals surface area contributed by atoms with Crippen LogP contribution in [-0.2, 0) is 7.05 Å². The molecule has 0 aliphatic rings. The van der Waals surface area contributed by atoms with Crippen LogP contribution in [0.2, 0.25) is 0 Å². The molecule has 0 saturated carbocycles. The average molecular weight is 338 g/mol. The molecule has 0 saturated heterocycles. The molecule has 5 heteroatoms. The zero-order valence-electron chi connectivity index (χ0n) is 12.1. The van der Waals surface area contributed by atoms with Crippen molar-refractivity contribution in [3.8, 4) is 5.75 Å². The highest BCUT2D eigenvalue weighted by molar-refractivity contribution is 9.10. The molecule has 0 aliphatic carbocycles. The highest BCUT2D eigenvalue weighted by Gasteiger charge is 2.21. The molecule has 1 unspecified atom stereocenters. The minimum absolute atomic E-state index is 0.0745. The topological polar surface area (TPSA) is 39.1 Å². The predicted molar refractivity (Wildman–Crippen MR) is 84.0 cm³/mol. The van der Waals surface area contributed by atoms with E-state index in [1.54, 1.807) is 13.3 Å². The average Bonchev–Trinajstić information content (AvgIpc) is 2.82. The van der Waals surface area contributed by atoms with E-state index in [1.165, 1.54) is 5.56 Å². The lowest BCUT2D eigenvalue weighted by Gasteiger charge is -2.20. The van der Waals surface area contributed by atoms with Gasteiger partial charge in [-0.1, -0.05) is 35.0 Å². The molecule has 0 fully saturated rings. The zero-order valence-corrected chi connectivity index (χ0v) is 13.6. The van der Waals surface area contributed by atoms with Crippen molar-refractivity contribution >= 4 is 15.9 Å². The Morgan fingerprint density at radius 1 is 1.35 bits per heavy atom. The van der Waals surface area contributed by atoms with Crippen LogP contribution in [0.15, 0.2) is 34.9 Å². The van der Waals surface area contributed by atoms with Gasteiger partial charge in [0.15, 0.2) is 5.75 Å². The van der Waals surface area contributed by atoms with E-state index in [9.17, 15) is 0 Å². The van der Waals surface area contributed by atoms with E-state index in [-0.39, 0.29) is 6.04 Å². The van der Waals surface area contributed by atoms with Crippen molar-refractivity contribution in [1.82, 2.24) is 15.1 Å². The molecule has 0 aliphatic heterocycles. The lowest BCUT2D eigenvalue weighted by Crippen LogP contribution is -2.25. The standard InChI is InChI=1S/C15H20BrN3O/c1-4-9-17-14(11-5-7-12(16)8-6-11)15-13(20-3)10-18-19(15)2/h5-8,10,14,17H,4,9H2,1-3H3. The van der Waals surface area contributed by atoms with E-state index in [0.717, 1.165) is 28.9 Å². The Labute approximate surface area is 128 Å². The molecule has 4 nitrogen and oxygen atoms in total. The second kappa shape index (κ2) is 6.90. The largest absolute Gasteiger partial charge is 0.493 e. The zero-order chi connectivity index (χ0) is 14.5. The molecule has 108 valence electrons. The van der Waals surface area contributed by atoms with E-state index in [0.29, 0.717) is 0 Å². The SMILES string of the molecule is CCCNC(c1ccc(Br)cc1)c1c(OC)cnn1C. The number of aryl methyl sites for hydroxylation is 1. The van der Waals surface area contributed by atoms with Gasteiger partial charge >= 0.3 is 0 Å². The summed E-state index contributed by atoms with van der Waals surface area (Å²) in [6.07, 6.45) is 2.84. The second-order valence-corrected chi connectivity index (χ2v) is 5.58. The number of hydrogen-bond donors (Lipinski definition) is 1. The molecular weight excluding hydrogens is 318 g/mol. The number of nitrogens with one attached hydrogen (secondary N) is 1. The van der Waals surface area contributed by atoms with Gasteiger partial charge in [-0.05, 0) is 30.7 Å². The summed E-state index contributed by atoms with van der Waals surface area (Å²) >= 11 is 3.48. The predicted octanol–water partition coefficient (Wildman–Crippen LogP) is 3.28. The summed E-state index contributed by atoms with van der Waals surface area (Å²) in [7, 11) is 3.62. The van der Waals surface area contributed by atoms with E-state index in [1.807, 2.05) is 11.7 Å². The van der Waals surface area contributed by atoms with Crippen molar-refractivity contribution < 1.29 is 4.74 Å². The summed E-state index contributed by atoms with van der Waals surface area (Å²) in [4.78, 5) is 0. The summed E-state index contributed by atoms with van der Waals surface area (Å²) in [6, 6.07) is 8.41. The minimum atomic E-state index is 0.0745. The summed E-state index contributed by atoms with van der Waals surface area (Å²) in [5.74, 6) is 0.809. The maximum absolute atomic E-state index is 5.44. The number of methoxy groups -OCH3 is 1. The van der Waals surface area contributed by atoms with Gasteiger partial charge in [0.25, 0.3) is 0 Å². The Morgan fingerprint density at radius 3 is 2.65 bits per heavy atom. The molecular formula is C15H20BrN3O. The van der Waals surface area contributed by atoms with Crippen LogP contribution in [-0.4, -0.2) is 23.4 Å². The Bertz CT molecular complexity index is 551. The van der Waals surface area contributed by atoms with E-state index >= 15 is 0 Å². The molecule has 2 aromatic rings. The van der Waals surface area contributed by atoms with Crippen molar-refractivity contribution in [2.75, 3.05) is 13.7 Å². The Kier molecular flexibility index (Phi) is 5.20. The molecule has 0 bridgehead atoms. The number of ether oxygens (including phenoxy) is 1. The van der Waals surface area contributed by atoms with Crippen molar-refractivity contribution in [2.24, 2.45) is 7.05 Å². The molecule has 1 heterocycles. The van der Waals surface area contributed by atoms with Crippen molar-refractivity contribution in [1.29, 1.82) is 0 Å². The monoisotopic (exact) mass is 337 g/mol. The smallest absolute Gasteiger partial charge is 0.161 e. The van der Waals surface area contributed by atoms with Crippen LogP contribution in [0.5, 0.6) is 5.75 Å². The molecule has 20 heavy (non-hydrogen) atoms. The lowest BCUT2D eigenvalue weighted by molar-refractivity contribution is 0.400. The molecule has 0 amide bonds. The summed E-state index contributed by atoms with van der Waals surface area (Å²) in [5.41, 5.74) is 2.24. The first-order valence-corrected chi connectivity index (χ1v) is 7.51. The molecule has 0 spiro atoms. The quantitative estimate of drug-likeness (QED) is 0.879. The second-order valence-electron chi connectivity index (χ2n) is 4.66. The molecule has 1 atom stereocenters. The third-order valence-corrected chi connectivity index (χ3v) is 3.77. The van der Waals surface area contributed by atoms with Gasteiger partial charge in [0.2, 0.25) is 0 Å². The van der Waals surface area contributed by atoms with E-state index in [4.69, 9.17) is 4.74 Å². The number of aromatic nitrogens is 2. The summed E-state index contributed by atoms with van der Waals surface area (Å²) in [6.45, 7) is 3.10. The maximum atomic E-state index is 5.44. The number of nitrogens with zero attached hydrogens (tertiary/aromatic N) is 2. The number of hydrogen-bond acceptors (Lipinski definition) is 3. The molecule has 1 N–H and O–H groups in total. The normalized spacial score (nSPS) is 12.4. The van der Waals surface area contributed by atoms with Gasteiger partial charge in [-0.3, -0.25) is 4.68 Å². The van der Waals surface area contributed by atoms with E-state index < -0.39 is 0 Å². The Morgan fingerprint density at radius 2 is 2.05 bits per heavy atom. The summed E-state index contributed by atoms with van der Waals surface area (Å²) in [5, 5.41) is 7.87. The van der Waals surface area contributed by atoms with Crippen LogP contribution in [0.25, 0.3) is 0 Å². The number of benzene rings is 1. The molecule has 1 aromatic heterocycles. The first-order valence-electron chi connectivity index (χ1n) is 6.72. The van der Waals surface area contributed by atoms with Crippen LogP contribution in [0.4, 0.5) is 0 Å². The van der Waals surface area contributed by atoms with Crippen molar-refractivity contribution in [2.45, 2.75) is 19.4 Å². The fourth-order valence-corrected chi connectivity index (χ4v) is 2.49. The molecule has 0 radical (unpaired) electrons. The first-order chi connectivity index (χ1) is 9.67. The molecule has 2 rings (SSSR count). The van der Waals surface area contributed by atoms with Gasteiger partial charge in [0.1, 0.15) is 5.69 Å². The van der Waals surface area contributed by atoms with Gasteiger partial charge < -0.3 is 10.1 Å². The number of rotatable bonds is 6. The lowest BCUT2D eigenvalue weighted by atomic mass is 10.0. The fraction of sp³-hybridized carbons (Fsp3) is 0.400. The van der Waals surface area contributed by atoms with E-state index in [2.05, 4.69) is 57.5 Å². The number of halogens is 1. The third kappa shape index (κ3) is 3.22. The maximum Gasteiger partial charge on any atom is 0.161 e. The fourth-order valence-electron chi connectivity index (χ4n) is 2.23. The highest BCUT2D eigenvalue weighted by Crippen LogP contribution is 2.30. The van der Waals surface area contributed by atoms with Gasteiger partial charge in [-0.15, -0.1) is 0 Å². The van der Waals surface area contributed by atoms with Gasteiger partial charge in [0, 0.05) is 11.5 Å². The first kappa shape index (κ1) is 15.1.